The van der Waals surface area contributed by atoms with E-state index in [4.69, 9.17) is 14.2 Å². The topological polar surface area (TPSA) is 137 Å². The number of ether oxygens (including phenoxy) is 3. The molecule has 0 aliphatic carbocycles. The maximum Gasteiger partial charge on any atom is 0.335 e. The van der Waals surface area contributed by atoms with Gasteiger partial charge in [0.1, 0.15) is 24.5 Å². The fourth-order valence-corrected chi connectivity index (χ4v) is 5.26. The molecule has 1 fully saturated rings. The molecule has 0 unspecified atom stereocenters. The third kappa shape index (κ3) is 7.47. The van der Waals surface area contributed by atoms with Gasteiger partial charge in [-0.3, -0.25) is 25.0 Å². The number of urea groups is 1. The number of halogens is 1. The van der Waals surface area contributed by atoms with Gasteiger partial charge in [-0.2, -0.15) is 0 Å². The number of rotatable bonds is 11. The van der Waals surface area contributed by atoms with Crippen LogP contribution in [0.2, 0.25) is 0 Å². The second kappa shape index (κ2) is 14.0. The minimum atomic E-state index is -0.866. The number of imide groups is 2. The minimum absolute atomic E-state index is 0.0479. The number of non-ortho nitro benzene ring substituents is 1. The molecule has 4 aromatic carbocycles. The fourth-order valence-electron chi connectivity index (χ4n) is 4.48. The first-order chi connectivity index (χ1) is 21.7. The Bertz CT molecular complexity index is 1790. The second-order valence-electron chi connectivity index (χ2n) is 9.70. The van der Waals surface area contributed by atoms with Gasteiger partial charge in [0.2, 0.25) is 0 Å². The lowest BCUT2D eigenvalue weighted by atomic mass is 10.1. The summed E-state index contributed by atoms with van der Waals surface area (Å²) in [5, 5.41) is 13.4. The highest BCUT2D eigenvalue weighted by atomic mass is 127. The minimum Gasteiger partial charge on any atom is -0.490 e. The van der Waals surface area contributed by atoms with Crippen LogP contribution in [0.1, 0.15) is 23.6 Å². The van der Waals surface area contributed by atoms with Crippen molar-refractivity contribution in [2.24, 2.45) is 0 Å². The van der Waals surface area contributed by atoms with Crippen molar-refractivity contribution in [1.29, 1.82) is 0 Å². The Morgan fingerprint density at radius 2 is 1.58 bits per heavy atom. The van der Waals surface area contributed by atoms with E-state index in [2.05, 4.69) is 5.32 Å². The monoisotopic (exact) mass is 719 g/mol. The Kier molecular flexibility index (Phi) is 9.73. The van der Waals surface area contributed by atoms with Gasteiger partial charge in [-0.25, -0.2) is 9.69 Å². The lowest BCUT2D eigenvalue weighted by molar-refractivity contribution is -0.384. The van der Waals surface area contributed by atoms with Gasteiger partial charge in [-0.1, -0.05) is 42.5 Å². The van der Waals surface area contributed by atoms with Crippen molar-refractivity contribution in [1.82, 2.24) is 5.32 Å². The molecule has 0 spiro atoms. The van der Waals surface area contributed by atoms with Gasteiger partial charge >= 0.3 is 6.03 Å². The Morgan fingerprint density at radius 1 is 0.867 bits per heavy atom. The van der Waals surface area contributed by atoms with Crippen LogP contribution in [0.3, 0.4) is 0 Å². The number of carbonyl (C=O) groups excluding carboxylic acids is 3. The van der Waals surface area contributed by atoms with E-state index >= 15 is 0 Å². The molecule has 5 rings (SSSR count). The summed E-state index contributed by atoms with van der Waals surface area (Å²) >= 11 is 2.04. The van der Waals surface area contributed by atoms with Crippen molar-refractivity contribution in [2.75, 3.05) is 11.5 Å². The highest BCUT2D eigenvalue weighted by Gasteiger charge is 2.37. The smallest absolute Gasteiger partial charge is 0.335 e. The van der Waals surface area contributed by atoms with Crippen molar-refractivity contribution in [3.63, 3.8) is 0 Å². The fraction of sp³-hybridized carbons (Fsp3) is 0.121. The van der Waals surface area contributed by atoms with Crippen LogP contribution in [0.5, 0.6) is 17.2 Å². The molecule has 228 valence electrons. The lowest BCUT2D eigenvalue weighted by Gasteiger charge is -2.26. The molecule has 0 radical (unpaired) electrons. The van der Waals surface area contributed by atoms with E-state index in [1.165, 1.54) is 18.2 Å². The number of nitrogens with one attached hydrogen (secondary N) is 1. The predicted octanol–water partition coefficient (Wildman–Crippen LogP) is 6.42. The van der Waals surface area contributed by atoms with Crippen molar-refractivity contribution in [2.45, 2.75) is 20.1 Å². The molecule has 1 aliphatic rings. The molecule has 1 heterocycles. The Hall–Kier alpha value is -5.24. The van der Waals surface area contributed by atoms with Gasteiger partial charge < -0.3 is 14.2 Å². The Morgan fingerprint density at radius 3 is 2.29 bits per heavy atom. The van der Waals surface area contributed by atoms with Crippen LogP contribution in [0, 0.1) is 13.7 Å². The van der Waals surface area contributed by atoms with E-state index in [9.17, 15) is 24.5 Å². The Labute approximate surface area is 271 Å². The molecule has 45 heavy (non-hydrogen) atoms. The van der Waals surface area contributed by atoms with Crippen molar-refractivity contribution < 1.29 is 33.5 Å². The van der Waals surface area contributed by atoms with E-state index in [0.717, 1.165) is 10.5 Å². The summed E-state index contributed by atoms with van der Waals surface area (Å²) in [6.07, 6.45) is 1.38. The van der Waals surface area contributed by atoms with Crippen molar-refractivity contribution in [3.05, 3.63) is 127 Å². The lowest BCUT2D eigenvalue weighted by Crippen LogP contribution is -2.54. The molecule has 1 N–H and O–H groups in total. The summed E-state index contributed by atoms with van der Waals surface area (Å²) in [4.78, 5) is 50.6. The molecule has 4 aromatic rings. The number of carbonyl (C=O) groups is 3. The standard InChI is InChI=1S/C33H26IN3O8/c1-2-43-29-18-23(17-28(34)30(29)45-20-22-9-6-10-25(15-22)37(41)42)16-27-31(38)35-33(40)36(32(27)39)24-11-13-26(14-12-24)44-19-21-7-4-3-5-8-21/h3-18H,2,19-20H2,1H3,(H,35,38,40)/b27-16+. The average molecular weight is 719 g/mol. The number of barbiturate groups is 1. The highest BCUT2D eigenvalue weighted by Crippen LogP contribution is 2.36. The van der Waals surface area contributed by atoms with E-state index < -0.39 is 22.8 Å². The zero-order valence-electron chi connectivity index (χ0n) is 23.9. The molecule has 0 aromatic heterocycles. The molecule has 12 heteroatoms. The summed E-state index contributed by atoms with van der Waals surface area (Å²) in [5.41, 5.74) is 2.01. The predicted molar refractivity (Wildman–Crippen MR) is 174 cm³/mol. The van der Waals surface area contributed by atoms with E-state index in [1.807, 2.05) is 52.9 Å². The number of nitro groups is 1. The highest BCUT2D eigenvalue weighted by molar-refractivity contribution is 14.1. The van der Waals surface area contributed by atoms with Crippen LogP contribution < -0.4 is 24.4 Å². The number of hydrogen-bond donors (Lipinski definition) is 1. The molecular weight excluding hydrogens is 693 g/mol. The van der Waals surface area contributed by atoms with Gasteiger partial charge in [-0.15, -0.1) is 0 Å². The number of amides is 4. The van der Waals surface area contributed by atoms with Gasteiger partial charge in [0.15, 0.2) is 11.5 Å². The molecule has 0 bridgehead atoms. The largest absolute Gasteiger partial charge is 0.490 e. The molecule has 1 aliphatic heterocycles. The summed E-state index contributed by atoms with van der Waals surface area (Å²) in [7, 11) is 0. The SMILES string of the molecule is CCOc1cc(/C=C2\C(=O)NC(=O)N(c3ccc(OCc4ccccc4)cc3)C2=O)cc(I)c1OCc1cccc([N+](=O)[O-])c1. The van der Waals surface area contributed by atoms with Gasteiger partial charge in [0, 0.05) is 12.1 Å². The molecule has 0 atom stereocenters. The quantitative estimate of drug-likeness (QED) is 0.0617. The van der Waals surface area contributed by atoms with Crippen LogP contribution in [-0.2, 0) is 22.8 Å². The zero-order chi connectivity index (χ0) is 31.9. The number of hydrogen-bond acceptors (Lipinski definition) is 8. The number of nitrogens with zero attached hydrogens (tertiary/aromatic N) is 2. The van der Waals surface area contributed by atoms with E-state index in [0.29, 0.717) is 45.2 Å². The van der Waals surface area contributed by atoms with E-state index in [1.54, 1.807) is 55.5 Å². The van der Waals surface area contributed by atoms with Gasteiger partial charge in [-0.05, 0) is 88.7 Å². The normalized spacial score (nSPS) is 13.9. The second-order valence-corrected chi connectivity index (χ2v) is 10.9. The van der Waals surface area contributed by atoms with Crippen molar-refractivity contribution >= 4 is 57.9 Å². The number of anilines is 1. The van der Waals surface area contributed by atoms with Gasteiger partial charge in [0.25, 0.3) is 17.5 Å². The van der Waals surface area contributed by atoms with Gasteiger partial charge in [0.05, 0.1) is 20.8 Å². The molecule has 11 nitrogen and oxygen atoms in total. The van der Waals surface area contributed by atoms with Crippen molar-refractivity contribution in [3.8, 4) is 17.2 Å². The first-order valence-corrected chi connectivity index (χ1v) is 14.8. The van der Waals surface area contributed by atoms with E-state index in [-0.39, 0.29) is 23.6 Å². The maximum atomic E-state index is 13.5. The molecule has 1 saturated heterocycles. The maximum absolute atomic E-state index is 13.5. The van der Waals surface area contributed by atoms with Crippen LogP contribution in [-0.4, -0.2) is 29.4 Å². The summed E-state index contributed by atoms with van der Waals surface area (Å²) < 4.78 is 18.2. The summed E-state index contributed by atoms with van der Waals surface area (Å²) in [6.45, 7) is 2.50. The zero-order valence-corrected chi connectivity index (χ0v) is 26.1. The summed E-state index contributed by atoms with van der Waals surface area (Å²) in [5.74, 6) is -0.324. The number of nitro benzene ring substituents is 1. The van der Waals surface area contributed by atoms with Crippen LogP contribution in [0.25, 0.3) is 6.08 Å². The Balaban J connectivity index is 1.36. The molecule has 4 amide bonds. The van der Waals surface area contributed by atoms with Crippen LogP contribution in [0.15, 0.2) is 96.6 Å². The molecular formula is C33H26IN3O8. The summed E-state index contributed by atoms with van der Waals surface area (Å²) in [6, 6.07) is 24.6. The van der Waals surface area contributed by atoms with Crippen LogP contribution >= 0.6 is 22.6 Å². The first-order valence-electron chi connectivity index (χ1n) is 13.7. The first kappa shape index (κ1) is 31.2. The number of benzene rings is 4. The third-order valence-electron chi connectivity index (χ3n) is 6.59. The molecule has 0 saturated carbocycles. The van der Waals surface area contributed by atoms with Crippen LogP contribution in [0.4, 0.5) is 16.2 Å². The third-order valence-corrected chi connectivity index (χ3v) is 7.39. The average Bonchev–Trinajstić information content (AvgIpc) is 3.03.